The van der Waals surface area contributed by atoms with Crippen molar-refractivity contribution in [3.63, 3.8) is 0 Å². The van der Waals surface area contributed by atoms with Gasteiger partial charge in [0.05, 0.1) is 18.7 Å². The molecule has 0 radical (unpaired) electrons. The monoisotopic (exact) mass is 362 g/mol. The number of ether oxygens (including phenoxy) is 1. The van der Waals surface area contributed by atoms with Crippen molar-refractivity contribution in [2.45, 2.75) is 32.4 Å². The van der Waals surface area contributed by atoms with Gasteiger partial charge >= 0.3 is 0 Å². The van der Waals surface area contributed by atoms with Crippen molar-refractivity contribution in [2.75, 3.05) is 7.11 Å². The van der Waals surface area contributed by atoms with Crippen LogP contribution in [0.15, 0.2) is 53.5 Å². The molecule has 1 aliphatic heterocycles. The predicted molar refractivity (Wildman–Crippen MR) is 105 cm³/mol. The Labute approximate surface area is 157 Å². The van der Waals surface area contributed by atoms with Gasteiger partial charge in [-0.25, -0.2) is 0 Å². The van der Waals surface area contributed by atoms with Crippen LogP contribution in [-0.4, -0.2) is 17.6 Å². The van der Waals surface area contributed by atoms with Gasteiger partial charge in [-0.05, 0) is 49.6 Å². The molecule has 1 amide bonds. The van der Waals surface area contributed by atoms with E-state index in [1.165, 1.54) is 0 Å². The minimum absolute atomic E-state index is 0.189. The van der Waals surface area contributed by atoms with E-state index in [4.69, 9.17) is 4.74 Å². The Hall–Kier alpha value is -3.08. The maximum Gasteiger partial charge on any atom is 0.257 e. The van der Waals surface area contributed by atoms with Crippen molar-refractivity contribution in [3.05, 3.63) is 75.6 Å². The maximum absolute atomic E-state index is 12.9. The van der Waals surface area contributed by atoms with Crippen molar-refractivity contribution in [2.24, 2.45) is 0 Å². The van der Waals surface area contributed by atoms with Crippen LogP contribution in [0.4, 0.5) is 0 Å². The van der Waals surface area contributed by atoms with Gasteiger partial charge in [0.1, 0.15) is 11.3 Å². The average molecular weight is 362 g/mol. The second-order valence-electron chi connectivity index (χ2n) is 7.11. The van der Waals surface area contributed by atoms with Crippen LogP contribution in [-0.2, 0) is 6.42 Å². The Kier molecular flexibility index (Phi) is 4.22. The van der Waals surface area contributed by atoms with Crippen LogP contribution in [0.3, 0.4) is 0 Å². The van der Waals surface area contributed by atoms with Crippen LogP contribution in [0.1, 0.15) is 47.4 Å². The second-order valence-corrected chi connectivity index (χ2v) is 7.11. The SMILES string of the molecule is COc1ccc([C@@H](C)NC(=O)c2cn3c4c(cccc4c2=O)C[C@@H]3C)cc1. The fourth-order valence-electron chi connectivity index (χ4n) is 3.83. The molecular weight excluding hydrogens is 340 g/mol. The minimum atomic E-state index is -0.349. The molecule has 2 aromatic carbocycles. The molecule has 3 aromatic rings. The molecule has 0 bridgehead atoms. The van der Waals surface area contributed by atoms with Gasteiger partial charge in [0.25, 0.3) is 5.91 Å². The third-order valence-electron chi connectivity index (χ3n) is 5.33. The molecule has 2 heterocycles. The first-order valence-corrected chi connectivity index (χ1v) is 9.11. The van der Waals surface area contributed by atoms with Crippen LogP contribution >= 0.6 is 0 Å². The normalized spacial score (nSPS) is 16.3. The molecule has 4 rings (SSSR count). The number of carbonyl (C=O) groups is 1. The van der Waals surface area contributed by atoms with Crippen LogP contribution in [0.2, 0.25) is 0 Å². The van der Waals surface area contributed by atoms with Gasteiger partial charge in [-0.3, -0.25) is 9.59 Å². The molecule has 27 heavy (non-hydrogen) atoms. The number of hydrogen-bond acceptors (Lipinski definition) is 3. The van der Waals surface area contributed by atoms with E-state index in [0.29, 0.717) is 5.39 Å². The van der Waals surface area contributed by atoms with Crippen molar-refractivity contribution >= 4 is 16.8 Å². The summed E-state index contributed by atoms with van der Waals surface area (Å²) in [6, 6.07) is 13.3. The molecule has 1 aromatic heterocycles. The van der Waals surface area contributed by atoms with Crippen molar-refractivity contribution in [3.8, 4) is 5.75 Å². The highest BCUT2D eigenvalue weighted by Gasteiger charge is 2.24. The molecule has 0 spiro atoms. The average Bonchev–Trinajstić information content (AvgIpc) is 3.00. The highest BCUT2D eigenvalue weighted by Crippen LogP contribution is 2.31. The van der Waals surface area contributed by atoms with Crippen LogP contribution in [0.5, 0.6) is 5.75 Å². The van der Waals surface area contributed by atoms with Gasteiger partial charge in [0.2, 0.25) is 5.43 Å². The van der Waals surface area contributed by atoms with Crippen molar-refractivity contribution in [1.29, 1.82) is 0 Å². The van der Waals surface area contributed by atoms with E-state index in [9.17, 15) is 9.59 Å². The van der Waals surface area contributed by atoms with Crippen LogP contribution < -0.4 is 15.5 Å². The number of pyridine rings is 1. The van der Waals surface area contributed by atoms with Crippen molar-refractivity contribution in [1.82, 2.24) is 9.88 Å². The summed E-state index contributed by atoms with van der Waals surface area (Å²) in [6.45, 7) is 4.00. The zero-order chi connectivity index (χ0) is 19.1. The predicted octanol–water partition coefficient (Wildman–Crippen LogP) is 3.62. The largest absolute Gasteiger partial charge is 0.497 e. The summed E-state index contributed by atoms with van der Waals surface area (Å²) in [4.78, 5) is 25.8. The first-order chi connectivity index (χ1) is 13.0. The number of nitrogens with one attached hydrogen (secondary N) is 1. The molecule has 0 saturated carbocycles. The lowest BCUT2D eigenvalue weighted by atomic mass is 10.1. The summed E-state index contributed by atoms with van der Waals surface area (Å²) >= 11 is 0. The van der Waals surface area contributed by atoms with E-state index in [0.717, 1.165) is 28.8 Å². The second kappa shape index (κ2) is 6.58. The van der Waals surface area contributed by atoms with E-state index in [1.807, 2.05) is 43.3 Å². The standard InChI is InChI=1S/C22H22N2O3/c1-13-11-16-5-4-6-18-20(16)24(13)12-19(21(18)25)22(26)23-14(2)15-7-9-17(27-3)10-8-15/h4-10,12-14H,11H2,1-3H3,(H,23,26)/t13-,14+/m0/s1. The van der Waals surface area contributed by atoms with E-state index in [-0.39, 0.29) is 29.0 Å². The maximum atomic E-state index is 12.9. The Morgan fingerprint density at radius 2 is 1.96 bits per heavy atom. The Morgan fingerprint density at radius 3 is 2.67 bits per heavy atom. The number of aromatic nitrogens is 1. The third kappa shape index (κ3) is 2.89. The highest BCUT2D eigenvalue weighted by atomic mass is 16.5. The first-order valence-electron chi connectivity index (χ1n) is 9.11. The number of nitrogens with zero attached hydrogens (tertiary/aromatic N) is 1. The summed E-state index contributed by atoms with van der Waals surface area (Å²) in [5.41, 5.74) is 3.04. The minimum Gasteiger partial charge on any atom is -0.497 e. The molecule has 0 aliphatic carbocycles. The Morgan fingerprint density at radius 1 is 1.22 bits per heavy atom. The molecule has 5 heteroatoms. The van der Waals surface area contributed by atoms with Gasteiger partial charge < -0.3 is 14.6 Å². The fourth-order valence-corrected chi connectivity index (χ4v) is 3.83. The number of para-hydroxylation sites is 1. The van der Waals surface area contributed by atoms with E-state index < -0.39 is 0 Å². The number of amides is 1. The number of hydrogen-bond donors (Lipinski definition) is 1. The molecule has 0 saturated heterocycles. The molecule has 1 N–H and O–H groups in total. The number of carbonyl (C=O) groups excluding carboxylic acids is 1. The van der Waals surface area contributed by atoms with Gasteiger partial charge in [0.15, 0.2) is 0 Å². The number of rotatable bonds is 4. The summed E-state index contributed by atoms with van der Waals surface area (Å²) in [6.07, 6.45) is 2.59. The molecular formula is C22H22N2O3. The molecule has 5 nitrogen and oxygen atoms in total. The fraction of sp³-hybridized carbons (Fsp3) is 0.273. The van der Waals surface area contributed by atoms with Gasteiger partial charge in [0, 0.05) is 17.6 Å². The van der Waals surface area contributed by atoms with Crippen LogP contribution in [0, 0.1) is 0 Å². The summed E-state index contributed by atoms with van der Waals surface area (Å²) in [7, 11) is 1.62. The lowest BCUT2D eigenvalue weighted by Gasteiger charge is -2.16. The van der Waals surface area contributed by atoms with Gasteiger partial charge in [-0.1, -0.05) is 24.3 Å². The van der Waals surface area contributed by atoms with Crippen molar-refractivity contribution < 1.29 is 9.53 Å². The van der Waals surface area contributed by atoms with Gasteiger partial charge in [-0.2, -0.15) is 0 Å². The molecule has 138 valence electrons. The summed E-state index contributed by atoms with van der Waals surface area (Å²) in [5.74, 6) is 0.413. The molecule has 0 unspecified atom stereocenters. The van der Waals surface area contributed by atoms with E-state index >= 15 is 0 Å². The lowest BCUT2D eigenvalue weighted by Crippen LogP contribution is -2.31. The Balaban J connectivity index is 1.67. The quantitative estimate of drug-likeness (QED) is 0.771. The van der Waals surface area contributed by atoms with Gasteiger partial charge in [-0.15, -0.1) is 0 Å². The topological polar surface area (TPSA) is 60.3 Å². The highest BCUT2D eigenvalue weighted by molar-refractivity contribution is 5.98. The zero-order valence-corrected chi connectivity index (χ0v) is 15.7. The zero-order valence-electron chi connectivity index (χ0n) is 15.7. The smallest absolute Gasteiger partial charge is 0.257 e. The first kappa shape index (κ1) is 17.3. The number of benzene rings is 2. The lowest BCUT2D eigenvalue weighted by molar-refractivity contribution is 0.0938. The Bertz CT molecular complexity index is 1080. The van der Waals surface area contributed by atoms with E-state index in [1.54, 1.807) is 19.4 Å². The molecule has 2 atom stereocenters. The van der Waals surface area contributed by atoms with E-state index in [2.05, 4.69) is 16.8 Å². The third-order valence-corrected chi connectivity index (χ3v) is 5.33. The molecule has 1 aliphatic rings. The van der Waals surface area contributed by atoms with Crippen LogP contribution in [0.25, 0.3) is 10.9 Å². The summed E-state index contributed by atoms with van der Waals surface area (Å²) < 4.78 is 7.22. The number of methoxy groups -OCH3 is 1. The summed E-state index contributed by atoms with van der Waals surface area (Å²) in [5, 5.41) is 3.56. The molecule has 0 fully saturated rings.